The van der Waals surface area contributed by atoms with Gasteiger partial charge in [0, 0.05) is 19.2 Å². The van der Waals surface area contributed by atoms with Gasteiger partial charge in [0.15, 0.2) is 0 Å². The molecule has 0 aromatic carbocycles. The lowest BCUT2D eigenvalue weighted by atomic mass is 9.97. The third-order valence-corrected chi connectivity index (χ3v) is 3.27. The van der Waals surface area contributed by atoms with Gasteiger partial charge in [-0.15, -0.1) is 0 Å². The largest absolute Gasteiger partial charge is 0.472 e. The topological polar surface area (TPSA) is 59.5 Å². The third kappa shape index (κ3) is 2.11. The second-order valence-corrected chi connectivity index (χ2v) is 4.66. The van der Waals surface area contributed by atoms with E-state index in [-0.39, 0.29) is 5.91 Å². The van der Waals surface area contributed by atoms with Crippen molar-refractivity contribution in [2.75, 3.05) is 7.05 Å². The molecule has 1 aliphatic carbocycles. The molecule has 16 heavy (non-hydrogen) atoms. The average Bonchev–Trinajstić information content (AvgIpc) is 2.89. The maximum absolute atomic E-state index is 12.2. The Morgan fingerprint density at radius 1 is 1.56 bits per heavy atom. The number of furan rings is 1. The highest BCUT2D eigenvalue weighted by atomic mass is 16.3. The lowest BCUT2D eigenvalue weighted by Gasteiger charge is -2.28. The molecule has 0 saturated heterocycles. The van der Waals surface area contributed by atoms with Crippen molar-refractivity contribution in [1.29, 1.82) is 0 Å². The number of hydrogen-bond acceptors (Lipinski definition) is 3. The van der Waals surface area contributed by atoms with Crippen LogP contribution in [-0.4, -0.2) is 23.4 Å². The summed E-state index contributed by atoms with van der Waals surface area (Å²) in [7, 11) is 1.79. The highest BCUT2D eigenvalue weighted by Crippen LogP contribution is 2.29. The van der Waals surface area contributed by atoms with Crippen LogP contribution in [-0.2, 0) is 11.3 Å². The Bertz CT molecular complexity index is 353. The Kier molecular flexibility index (Phi) is 3.01. The number of carbonyl (C=O) groups is 1. The number of hydrogen-bond donors (Lipinski definition) is 1. The van der Waals surface area contributed by atoms with Crippen LogP contribution in [0.3, 0.4) is 0 Å². The molecule has 0 bridgehead atoms. The van der Waals surface area contributed by atoms with E-state index in [1.807, 2.05) is 6.07 Å². The van der Waals surface area contributed by atoms with Gasteiger partial charge in [0.25, 0.3) is 0 Å². The second kappa shape index (κ2) is 4.29. The Morgan fingerprint density at radius 3 is 2.81 bits per heavy atom. The molecular weight excluding hydrogens is 204 g/mol. The summed E-state index contributed by atoms with van der Waals surface area (Å²) in [4.78, 5) is 13.9. The van der Waals surface area contributed by atoms with Crippen LogP contribution in [0, 0.1) is 0 Å². The molecule has 1 amide bonds. The van der Waals surface area contributed by atoms with Gasteiger partial charge < -0.3 is 15.1 Å². The van der Waals surface area contributed by atoms with Crippen LogP contribution in [0.15, 0.2) is 23.0 Å². The molecule has 0 unspecified atom stereocenters. The average molecular weight is 222 g/mol. The van der Waals surface area contributed by atoms with Gasteiger partial charge in [-0.1, -0.05) is 12.8 Å². The van der Waals surface area contributed by atoms with Crippen molar-refractivity contribution in [1.82, 2.24) is 4.90 Å². The molecule has 0 aliphatic heterocycles. The molecule has 4 nitrogen and oxygen atoms in total. The molecule has 2 rings (SSSR count). The van der Waals surface area contributed by atoms with Gasteiger partial charge in [0.05, 0.1) is 18.1 Å². The number of carbonyl (C=O) groups excluding carboxylic acids is 1. The van der Waals surface area contributed by atoms with E-state index in [1.165, 1.54) is 0 Å². The molecule has 1 saturated carbocycles. The minimum Gasteiger partial charge on any atom is -0.472 e. The van der Waals surface area contributed by atoms with Crippen LogP contribution in [0.25, 0.3) is 0 Å². The minimum absolute atomic E-state index is 0.0474. The van der Waals surface area contributed by atoms with Gasteiger partial charge in [0.1, 0.15) is 0 Å². The fourth-order valence-corrected chi connectivity index (χ4v) is 2.33. The van der Waals surface area contributed by atoms with Gasteiger partial charge >= 0.3 is 0 Å². The number of nitrogens with two attached hydrogens (primary N) is 1. The molecule has 1 aromatic heterocycles. The second-order valence-electron chi connectivity index (χ2n) is 4.66. The first-order valence-electron chi connectivity index (χ1n) is 5.67. The Hall–Kier alpha value is -1.29. The number of nitrogens with zero attached hydrogens (tertiary/aromatic N) is 1. The third-order valence-electron chi connectivity index (χ3n) is 3.27. The molecular formula is C12H18N2O2. The summed E-state index contributed by atoms with van der Waals surface area (Å²) in [5.74, 6) is 0.0474. The summed E-state index contributed by atoms with van der Waals surface area (Å²) in [6, 6.07) is 1.86. The highest BCUT2D eigenvalue weighted by Gasteiger charge is 2.38. The zero-order valence-electron chi connectivity index (χ0n) is 9.61. The monoisotopic (exact) mass is 222 g/mol. The highest BCUT2D eigenvalue weighted by molar-refractivity contribution is 5.86. The summed E-state index contributed by atoms with van der Waals surface area (Å²) in [6.07, 6.45) is 7.00. The molecule has 0 radical (unpaired) electrons. The minimum atomic E-state index is -0.627. The number of amides is 1. The molecule has 0 atom stereocenters. The Balaban J connectivity index is 1.99. The zero-order chi connectivity index (χ0) is 11.6. The van der Waals surface area contributed by atoms with E-state index >= 15 is 0 Å². The maximum atomic E-state index is 12.2. The van der Waals surface area contributed by atoms with Gasteiger partial charge in [-0.25, -0.2) is 0 Å². The molecule has 1 aliphatic rings. The van der Waals surface area contributed by atoms with Crippen molar-refractivity contribution in [3.05, 3.63) is 24.2 Å². The molecule has 4 heteroatoms. The van der Waals surface area contributed by atoms with Crippen molar-refractivity contribution in [3.63, 3.8) is 0 Å². The van der Waals surface area contributed by atoms with Crippen molar-refractivity contribution in [2.24, 2.45) is 5.73 Å². The molecule has 0 spiro atoms. The van der Waals surface area contributed by atoms with E-state index in [4.69, 9.17) is 10.2 Å². The zero-order valence-corrected chi connectivity index (χ0v) is 9.61. The van der Waals surface area contributed by atoms with Crippen LogP contribution >= 0.6 is 0 Å². The van der Waals surface area contributed by atoms with E-state index in [2.05, 4.69) is 0 Å². The first-order chi connectivity index (χ1) is 7.62. The van der Waals surface area contributed by atoms with Crippen LogP contribution in [0.1, 0.15) is 31.2 Å². The van der Waals surface area contributed by atoms with Crippen LogP contribution in [0.5, 0.6) is 0 Å². The van der Waals surface area contributed by atoms with Crippen LogP contribution < -0.4 is 5.73 Å². The normalized spacial score (nSPS) is 18.6. The first-order valence-corrected chi connectivity index (χ1v) is 5.67. The summed E-state index contributed by atoms with van der Waals surface area (Å²) >= 11 is 0. The van der Waals surface area contributed by atoms with Gasteiger partial charge in [0.2, 0.25) is 5.91 Å². The lowest BCUT2D eigenvalue weighted by Crippen LogP contribution is -2.52. The summed E-state index contributed by atoms with van der Waals surface area (Å²) < 4.78 is 4.98. The molecule has 1 heterocycles. The molecule has 2 N–H and O–H groups in total. The maximum Gasteiger partial charge on any atom is 0.242 e. The standard InChI is InChI=1S/C12H18N2O2/c1-14(8-10-4-7-16-9-10)11(15)12(13)5-2-3-6-12/h4,7,9H,2-3,5-6,8,13H2,1H3. The smallest absolute Gasteiger partial charge is 0.242 e. The van der Waals surface area contributed by atoms with Gasteiger partial charge in [-0.3, -0.25) is 4.79 Å². The van der Waals surface area contributed by atoms with Crippen molar-refractivity contribution in [3.8, 4) is 0 Å². The van der Waals surface area contributed by atoms with Gasteiger partial charge in [-0.2, -0.15) is 0 Å². The number of likely N-dealkylation sites (N-methyl/N-ethyl adjacent to an activating group) is 1. The molecule has 1 fully saturated rings. The predicted octanol–water partition coefficient (Wildman–Crippen LogP) is 1.51. The summed E-state index contributed by atoms with van der Waals surface area (Å²) in [6.45, 7) is 0.564. The van der Waals surface area contributed by atoms with Crippen molar-refractivity contribution >= 4 is 5.91 Å². The molecule has 1 aromatic rings. The first kappa shape index (κ1) is 11.2. The van der Waals surface area contributed by atoms with E-state index in [9.17, 15) is 4.79 Å². The summed E-state index contributed by atoms with van der Waals surface area (Å²) in [5, 5.41) is 0. The Labute approximate surface area is 95.4 Å². The van der Waals surface area contributed by atoms with E-state index < -0.39 is 5.54 Å². The van der Waals surface area contributed by atoms with E-state index in [0.717, 1.165) is 31.2 Å². The van der Waals surface area contributed by atoms with Crippen molar-refractivity contribution < 1.29 is 9.21 Å². The summed E-state index contributed by atoms with van der Waals surface area (Å²) in [5.41, 5.74) is 6.49. The Morgan fingerprint density at radius 2 is 2.25 bits per heavy atom. The molecule has 88 valence electrons. The quantitative estimate of drug-likeness (QED) is 0.843. The fraction of sp³-hybridized carbons (Fsp3) is 0.583. The van der Waals surface area contributed by atoms with Crippen LogP contribution in [0.2, 0.25) is 0 Å². The fourth-order valence-electron chi connectivity index (χ4n) is 2.33. The lowest BCUT2D eigenvalue weighted by molar-refractivity contribution is -0.136. The van der Waals surface area contributed by atoms with Gasteiger partial charge in [-0.05, 0) is 18.9 Å². The van der Waals surface area contributed by atoms with Crippen molar-refractivity contribution in [2.45, 2.75) is 37.8 Å². The van der Waals surface area contributed by atoms with Crippen LogP contribution in [0.4, 0.5) is 0 Å². The predicted molar refractivity (Wildman–Crippen MR) is 60.6 cm³/mol. The number of rotatable bonds is 3. The van der Waals surface area contributed by atoms with E-state index in [1.54, 1.807) is 24.5 Å². The SMILES string of the molecule is CN(Cc1ccoc1)C(=O)C1(N)CCCC1. The van der Waals surface area contributed by atoms with E-state index in [0.29, 0.717) is 6.54 Å².